The van der Waals surface area contributed by atoms with Crippen molar-refractivity contribution in [1.29, 1.82) is 0 Å². The first kappa shape index (κ1) is 12.2. The summed E-state index contributed by atoms with van der Waals surface area (Å²) in [5.41, 5.74) is 2.01. The van der Waals surface area contributed by atoms with Crippen LogP contribution < -0.4 is 0 Å². The Morgan fingerprint density at radius 3 is 2.74 bits per heavy atom. The number of imidazole rings is 1. The summed E-state index contributed by atoms with van der Waals surface area (Å²) in [6, 6.07) is 3.80. The molecule has 0 bridgehead atoms. The van der Waals surface area contributed by atoms with Crippen LogP contribution in [0.4, 0.5) is 0 Å². The number of aromatic nitrogens is 2. The fourth-order valence-corrected chi connectivity index (χ4v) is 3.02. The fourth-order valence-electron chi connectivity index (χ4n) is 3.02. The molecule has 3 rings (SSSR count). The number of aromatic carboxylic acids is 1. The lowest BCUT2D eigenvalue weighted by Crippen LogP contribution is -2.08. The van der Waals surface area contributed by atoms with Crippen LogP contribution >= 0.6 is 0 Å². The van der Waals surface area contributed by atoms with Crippen LogP contribution in [0.15, 0.2) is 18.3 Å². The molecule has 0 aromatic carbocycles. The zero-order valence-corrected chi connectivity index (χ0v) is 11.1. The van der Waals surface area contributed by atoms with Gasteiger partial charge in [-0.05, 0) is 31.4 Å². The van der Waals surface area contributed by atoms with Crippen molar-refractivity contribution in [1.82, 2.24) is 9.38 Å². The molecule has 0 aliphatic heterocycles. The van der Waals surface area contributed by atoms with Crippen molar-refractivity contribution in [3.63, 3.8) is 0 Å². The highest BCUT2D eigenvalue weighted by Gasteiger charge is 2.24. The van der Waals surface area contributed by atoms with E-state index in [-0.39, 0.29) is 5.69 Å². The summed E-state index contributed by atoms with van der Waals surface area (Å²) in [5, 5.41) is 9.29. The van der Waals surface area contributed by atoms with Crippen molar-refractivity contribution < 1.29 is 9.90 Å². The Labute approximate surface area is 112 Å². The average molecular weight is 258 g/mol. The second-order valence-corrected chi connectivity index (χ2v) is 5.42. The van der Waals surface area contributed by atoms with Crippen molar-refractivity contribution >= 4 is 11.5 Å². The highest BCUT2D eigenvalue weighted by atomic mass is 16.4. The van der Waals surface area contributed by atoms with Gasteiger partial charge in [-0.25, -0.2) is 9.78 Å². The predicted octanol–water partition coefficient (Wildman–Crippen LogP) is 3.39. The van der Waals surface area contributed by atoms with Gasteiger partial charge >= 0.3 is 5.97 Å². The van der Waals surface area contributed by atoms with Crippen molar-refractivity contribution in [3.8, 4) is 0 Å². The van der Waals surface area contributed by atoms with E-state index in [2.05, 4.69) is 4.98 Å². The molecule has 0 radical (unpaired) electrons. The van der Waals surface area contributed by atoms with E-state index < -0.39 is 5.97 Å². The van der Waals surface area contributed by atoms with Crippen LogP contribution in [-0.2, 0) is 0 Å². The third-order valence-electron chi connectivity index (χ3n) is 3.99. The zero-order valence-electron chi connectivity index (χ0n) is 11.1. The van der Waals surface area contributed by atoms with E-state index in [9.17, 15) is 9.90 Å². The minimum absolute atomic E-state index is 0.181. The molecule has 1 aliphatic carbocycles. The van der Waals surface area contributed by atoms with Gasteiger partial charge in [-0.15, -0.1) is 0 Å². The summed E-state index contributed by atoms with van der Waals surface area (Å²) in [5.74, 6) is 0.385. The maximum atomic E-state index is 11.3. The van der Waals surface area contributed by atoms with Crippen LogP contribution in [0.25, 0.3) is 5.52 Å². The molecule has 1 N–H and O–H groups in total. The van der Waals surface area contributed by atoms with Crippen LogP contribution in [0, 0.1) is 6.92 Å². The average Bonchev–Trinajstić information content (AvgIpc) is 2.78. The van der Waals surface area contributed by atoms with E-state index in [4.69, 9.17) is 0 Å². The molecule has 0 spiro atoms. The standard InChI is InChI=1S/C15H18N2O2/c1-10-7-8-12-13(15(18)19)16-14(17(12)9-10)11-5-3-2-4-6-11/h7-9,11H,2-6H2,1H3,(H,18,19). The first-order valence-electron chi connectivity index (χ1n) is 6.88. The largest absolute Gasteiger partial charge is 0.476 e. The number of carbonyl (C=O) groups is 1. The number of fused-ring (bicyclic) bond motifs is 1. The van der Waals surface area contributed by atoms with Crippen molar-refractivity contribution in [2.45, 2.75) is 44.9 Å². The Bertz CT molecular complexity index is 624. The second kappa shape index (κ2) is 4.68. The summed E-state index contributed by atoms with van der Waals surface area (Å²) in [4.78, 5) is 15.7. The highest BCUT2D eigenvalue weighted by molar-refractivity contribution is 5.93. The summed E-state index contributed by atoms with van der Waals surface area (Å²) < 4.78 is 1.98. The van der Waals surface area contributed by atoms with Gasteiger partial charge in [0.2, 0.25) is 0 Å². The molecule has 4 nitrogen and oxygen atoms in total. The molecular formula is C15H18N2O2. The van der Waals surface area contributed by atoms with Crippen molar-refractivity contribution in [2.75, 3.05) is 0 Å². The van der Waals surface area contributed by atoms with Crippen molar-refractivity contribution in [3.05, 3.63) is 35.4 Å². The summed E-state index contributed by atoms with van der Waals surface area (Å²) in [6.45, 7) is 2.02. The van der Waals surface area contributed by atoms with Gasteiger partial charge < -0.3 is 9.51 Å². The third kappa shape index (κ3) is 2.11. The molecule has 1 fully saturated rings. The summed E-state index contributed by atoms with van der Waals surface area (Å²) in [7, 11) is 0. The van der Waals surface area contributed by atoms with Crippen LogP contribution in [-0.4, -0.2) is 20.5 Å². The molecule has 19 heavy (non-hydrogen) atoms. The first-order valence-corrected chi connectivity index (χ1v) is 6.88. The van der Waals surface area contributed by atoms with Gasteiger partial charge in [-0.1, -0.05) is 25.3 Å². The molecule has 100 valence electrons. The quantitative estimate of drug-likeness (QED) is 0.898. The molecule has 0 atom stereocenters. The van der Waals surface area contributed by atoms with Crippen LogP contribution in [0.5, 0.6) is 0 Å². The first-order chi connectivity index (χ1) is 9.16. The highest BCUT2D eigenvalue weighted by Crippen LogP contribution is 2.33. The lowest BCUT2D eigenvalue weighted by atomic mass is 9.89. The van der Waals surface area contributed by atoms with Crippen LogP contribution in [0.3, 0.4) is 0 Å². The molecule has 1 aliphatic rings. The van der Waals surface area contributed by atoms with E-state index in [1.807, 2.05) is 29.7 Å². The topological polar surface area (TPSA) is 54.6 Å². The second-order valence-electron chi connectivity index (χ2n) is 5.42. The molecule has 2 aromatic heterocycles. The van der Waals surface area contributed by atoms with Crippen molar-refractivity contribution in [2.24, 2.45) is 0 Å². The molecule has 2 aromatic rings. The lowest BCUT2D eigenvalue weighted by Gasteiger charge is -2.20. The Kier molecular flexibility index (Phi) is 3.01. The smallest absolute Gasteiger partial charge is 0.356 e. The van der Waals surface area contributed by atoms with Crippen LogP contribution in [0.1, 0.15) is 59.9 Å². The number of nitrogens with zero attached hydrogens (tertiary/aromatic N) is 2. The van der Waals surface area contributed by atoms with E-state index in [0.717, 1.165) is 24.2 Å². The number of carboxylic acids is 1. The third-order valence-corrected chi connectivity index (χ3v) is 3.99. The van der Waals surface area contributed by atoms with E-state index >= 15 is 0 Å². The van der Waals surface area contributed by atoms with E-state index in [1.165, 1.54) is 19.3 Å². The number of hydrogen-bond acceptors (Lipinski definition) is 2. The zero-order chi connectivity index (χ0) is 13.4. The molecule has 0 unspecified atom stereocenters. The van der Waals surface area contributed by atoms with Gasteiger partial charge in [0, 0.05) is 12.1 Å². The Morgan fingerprint density at radius 1 is 1.32 bits per heavy atom. The molecule has 4 heteroatoms. The molecule has 0 amide bonds. The number of hydrogen-bond donors (Lipinski definition) is 1. The SMILES string of the molecule is Cc1ccc2c(C(=O)O)nc(C3CCCCC3)n2c1. The summed E-state index contributed by atoms with van der Waals surface area (Å²) >= 11 is 0. The van der Waals surface area contributed by atoms with Gasteiger partial charge in [0.15, 0.2) is 5.69 Å². The molecule has 2 heterocycles. The maximum absolute atomic E-state index is 11.3. The normalized spacial score (nSPS) is 16.9. The lowest BCUT2D eigenvalue weighted by molar-refractivity contribution is 0.0693. The van der Waals surface area contributed by atoms with Gasteiger partial charge in [0.05, 0.1) is 5.52 Å². The van der Waals surface area contributed by atoms with Gasteiger partial charge in [0.25, 0.3) is 0 Å². The summed E-state index contributed by atoms with van der Waals surface area (Å²) in [6.07, 6.45) is 7.95. The number of pyridine rings is 1. The molecule has 1 saturated carbocycles. The fraction of sp³-hybridized carbons (Fsp3) is 0.467. The Hall–Kier alpha value is -1.84. The predicted molar refractivity (Wildman–Crippen MR) is 72.7 cm³/mol. The van der Waals surface area contributed by atoms with Gasteiger partial charge in [0.1, 0.15) is 5.82 Å². The minimum atomic E-state index is -0.941. The van der Waals surface area contributed by atoms with Gasteiger partial charge in [-0.2, -0.15) is 0 Å². The Morgan fingerprint density at radius 2 is 2.05 bits per heavy atom. The Balaban J connectivity index is 2.17. The minimum Gasteiger partial charge on any atom is -0.476 e. The molecular weight excluding hydrogens is 240 g/mol. The van der Waals surface area contributed by atoms with Gasteiger partial charge in [-0.3, -0.25) is 0 Å². The number of carboxylic acid groups (broad SMARTS) is 1. The van der Waals surface area contributed by atoms with E-state index in [0.29, 0.717) is 11.4 Å². The maximum Gasteiger partial charge on any atom is 0.356 e. The monoisotopic (exact) mass is 258 g/mol. The van der Waals surface area contributed by atoms with E-state index in [1.54, 1.807) is 0 Å². The molecule has 0 saturated heterocycles. The number of rotatable bonds is 2. The van der Waals surface area contributed by atoms with Crippen LogP contribution in [0.2, 0.25) is 0 Å². The number of aryl methyl sites for hydroxylation is 1.